The average molecular weight is 415 g/mol. The number of carboxylic acids is 1. The Labute approximate surface area is 169 Å². The average Bonchev–Trinajstić information content (AvgIpc) is 2.60. The largest absolute Gasteiger partial charge is 0.480 e. The van der Waals surface area contributed by atoms with Crippen molar-refractivity contribution in [1.82, 2.24) is 10.6 Å². The Kier molecular flexibility index (Phi) is 12.0. The molecule has 3 atom stereocenters. The predicted octanol–water partition coefficient (Wildman–Crippen LogP) is -2.27. The van der Waals surface area contributed by atoms with Gasteiger partial charge in [-0.05, 0) is 31.6 Å². The zero-order chi connectivity index (χ0) is 22.6. The number of hydrogen-bond donors (Lipinski definition) is 7. The highest BCUT2D eigenvalue weighted by Gasteiger charge is 2.28. The van der Waals surface area contributed by atoms with Crippen LogP contribution in [0.1, 0.15) is 46.0 Å². The van der Waals surface area contributed by atoms with Crippen LogP contribution in [-0.2, 0) is 19.2 Å². The molecule has 0 aromatic carbocycles. The highest BCUT2D eigenvalue weighted by Crippen LogP contribution is 2.08. The van der Waals surface area contributed by atoms with Gasteiger partial charge in [-0.25, -0.2) is 4.79 Å². The molecule has 0 heterocycles. The number of primary amides is 1. The Morgan fingerprint density at radius 1 is 0.966 bits per heavy atom. The van der Waals surface area contributed by atoms with E-state index in [4.69, 9.17) is 22.9 Å². The zero-order valence-electron chi connectivity index (χ0n) is 16.9. The first-order valence-corrected chi connectivity index (χ1v) is 9.36. The molecular weight excluding hydrogens is 382 g/mol. The Hall–Kier alpha value is -2.89. The number of carboxylic acid groups (broad SMARTS) is 1. The molecular formula is C17H33N7O5. The molecule has 0 saturated heterocycles. The van der Waals surface area contributed by atoms with Crippen molar-refractivity contribution >= 4 is 29.7 Å². The van der Waals surface area contributed by atoms with Crippen LogP contribution in [0.15, 0.2) is 4.99 Å². The Bertz CT molecular complexity index is 605. The van der Waals surface area contributed by atoms with Crippen LogP contribution in [-0.4, -0.2) is 59.4 Å². The fraction of sp³-hybridized carbons (Fsp3) is 0.706. The van der Waals surface area contributed by atoms with Crippen LogP contribution in [0.5, 0.6) is 0 Å². The third-order valence-corrected chi connectivity index (χ3v) is 3.94. The predicted molar refractivity (Wildman–Crippen MR) is 107 cm³/mol. The summed E-state index contributed by atoms with van der Waals surface area (Å²) in [6.07, 6.45) is 0.708. The fourth-order valence-corrected chi connectivity index (χ4v) is 2.45. The maximum absolute atomic E-state index is 12.5. The van der Waals surface area contributed by atoms with Crippen molar-refractivity contribution in [3.8, 4) is 0 Å². The second kappa shape index (κ2) is 13.3. The van der Waals surface area contributed by atoms with Crippen molar-refractivity contribution in [2.75, 3.05) is 6.54 Å². The number of aliphatic imine (C=N–C) groups is 1. The molecule has 0 aliphatic heterocycles. The lowest BCUT2D eigenvalue weighted by molar-refractivity contribution is -0.142. The number of hydrogen-bond acceptors (Lipinski definition) is 6. The first-order valence-electron chi connectivity index (χ1n) is 9.36. The van der Waals surface area contributed by atoms with E-state index in [0.29, 0.717) is 19.4 Å². The van der Waals surface area contributed by atoms with Crippen molar-refractivity contribution in [3.63, 3.8) is 0 Å². The maximum Gasteiger partial charge on any atom is 0.326 e. The highest BCUT2D eigenvalue weighted by molar-refractivity contribution is 5.91. The molecule has 0 bridgehead atoms. The summed E-state index contributed by atoms with van der Waals surface area (Å²) < 4.78 is 0. The zero-order valence-corrected chi connectivity index (χ0v) is 16.9. The molecule has 29 heavy (non-hydrogen) atoms. The molecule has 0 fully saturated rings. The second-order valence-electron chi connectivity index (χ2n) is 7.15. The molecule has 3 amide bonds. The standard InChI is InChI=1S/C17H33N7O5/c1-9(2)8-12(15(27)23-11(16(28)29)5-6-13(19)25)24-14(26)10(18)4-3-7-22-17(20)21/h9-12H,3-8,18H2,1-2H3,(H2,19,25)(H,23,27)(H,24,26)(H,28,29)(H4,20,21,22). The van der Waals surface area contributed by atoms with Gasteiger partial charge in [0.1, 0.15) is 12.1 Å². The van der Waals surface area contributed by atoms with Gasteiger partial charge in [0, 0.05) is 13.0 Å². The van der Waals surface area contributed by atoms with Gasteiger partial charge < -0.3 is 38.7 Å². The molecule has 0 aromatic rings. The summed E-state index contributed by atoms with van der Waals surface area (Å²) in [5.74, 6) is -3.20. The molecule has 166 valence electrons. The van der Waals surface area contributed by atoms with E-state index in [-0.39, 0.29) is 31.1 Å². The molecule has 0 rings (SSSR count). The van der Waals surface area contributed by atoms with Gasteiger partial charge in [0.05, 0.1) is 6.04 Å². The van der Waals surface area contributed by atoms with Crippen molar-refractivity contribution in [3.05, 3.63) is 0 Å². The minimum absolute atomic E-state index is 0.0399. The molecule has 3 unspecified atom stereocenters. The minimum atomic E-state index is -1.30. The van der Waals surface area contributed by atoms with Crippen molar-refractivity contribution in [2.24, 2.45) is 33.8 Å². The Balaban J connectivity index is 4.93. The summed E-state index contributed by atoms with van der Waals surface area (Å²) in [5, 5.41) is 14.1. The number of nitrogens with two attached hydrogens (primary N) is 4. The third-order valence-electron chi connectivity index (χ3n) is 3.94. The summed E-state index contributed by atoms with van der Waals surface area (Å²) in [6, 6.07) is -3.15. The van der Waals surface area contributed by atoms with E-state index in [0.717, 1.165) is 0 Å². The lowest BCUT2D eigenvalue weighted by Gasteiger charge is -2.24. The van der Waals surface area contributed by atoms with Crippen molar-refractivity contribution < 1.29 is 24.3 Å². The van der Waals surface area contributed by atoms with Crippen LogP contribution in [0, 0.1) is 5.92 Å². The van der Waals surface area contributed by atoms with Crippen LogP contribution in [0.4, 0.5) is 0 Å². The van der Waals surface area contributed by atoms with Crippen LogP contribution in [0.2, 0.25) is 0 Å². The quantitative estimate of drug-likeness (QED) is 0.0926. The maximum atomic E-state index is 12.5. The van der Waals surface area contributed by atoms with Crippen LogP contribution in [0.25, 0.3) is 0 Å². The molecule has 0 aromatic heterocycles. The first-order chi connectivity index (χ1) is 13.4. The van der Waals surface area contributed by atoms with Gasteiger partial charge in [-0.3, -0.25) is 19.4 Å². The van der Waals surface area contributed by atoms with E-state index in [9.17, 15) is 24.3 Å². The number of rotatable bonds is 14. The topological polar surface area (TPSA) is 229 Å². The number of nitrogens with zero attached hydrogens (tertiary/aromatic N) is 1. The van der Waals surface area contributed by atoms with Gasteiger partial charge in [-0.2, -0.15) is 0 Å². The van der Waals surface area contributed by atoms with E-state index in [1.54, 1.807) is 0 Å². The van der Waals surface area contributed by atoms with Gasteiger partial charge in [0.15, 0.2) is 5.96 Å². The lowest BCUT2D eigenvalue weighted by Crippen LogP contribution is -2.54. The van der Waals surface area contributed by atoms with Crippen molar-refractivity contribution in [2.45, 2.75) is 64.1 Å². The molecule has 12 nitrogen and oxygen atoms in total. The summed E-state index contributed by atoms with van der Waals surface area (Å²) in [5.41, 5.74) is 21.3. The number of guanidine groups is 1. The lowest BCUT2D eigenvalue weighted by atomic mass is 10.0. The van der Waals surface area contributed by atoms with E-state index in [1.807, 2.05) is 13.8 Å². The van der Waals surface area contributed by atoms with E-state index < -0.39 is 41.8 Å². The third kappa shape index (κ3) is 12.2. The number of aliphatic carboxylic acids is 1. The fourth-order valence-electron chi connectivity index (χ4n) is 2.45. The molecule has 0 spiro atoms. The highest BCUT2D eigenvalue weighted by atomic mass is 16.4. The number of carbonyl (C=O) groups is 4. The Morgan fingerprint density at radius 3 is 2.03 bits per heavy atom. The van der Waals surface area contributed by atoms with Crippen LogP contribution < -0.4 is 33.6 Å². The summed E-state index contributed by atoms with van der Waals surface area (Å²) >= 11 is 0. The number of nitrogens with one attached hydrogen (secondary N) is 2. The first kappa shape index (κ1) is 26.1. The second-order valence-corrected chi connectivity index (χ2v) is 7.15. The monoisotopic (exact) mass is 415 g/mol. The van der Waals surface area contributed by atoms with Gasteiger partial charge >= 0.3 is 5.97 Å². The van der Waals surface area contributed by atoms with E-state index >= 15 is 0 Å². The molecule has 0 radical (unpaired) electrons. The smallest absolute Gasteiger partial charge is 0.326 e. The van der Waals surface area contributed by atoms with Gasteiger partial charge in [0.2, 0.25) is 17.7 Å². The van der Waals surface area contributed by atoms with Crippen LogP contribution >= 0.6 is 0 Å². The normalized spacial score (nSPS) is 13.8. The SMILES string of the molecule is CC(C)CC(NC(=O)C(N)CCCN=C(N)N)C(=O)NC(CCC(N)=O)C(=O)O. The Morgan fingerprint density at radius 2 is 1.55 bits per heavy atom. The minimum Gasteiger partial charge on any atom is -0.480 e. The van der Waals surface area contributed by atoms with Crippen LogP contribution in [0.3, 0.4) is 0 Å². The molecule has 0 aliphatic carbocycles. The molecule has 0 saturated carbocycles. The van der Waals surface area contributed by atoms with E-state index in [2.05, 4.69) is 15.6 Å². The number of carbonyl (C=O) groups excluding carboxylic acids is 3. The van der Waals surface area contributed by atoms with Gasteiger partial charge in [-0.15, -0.1) is 0 Å². The molecule has 12 heteroatoms. The molecule has 0 aliphatic rings. The van der Waals surface area contributed by atoms with E-state index in [1.165, 1.54) is 0 Å². The molecule has 11 N–H and O–H groups in total. The summed E-state index contributed by atoms with van der Waals surface area (Å²) in [7, 11) is 0. The summed E-state index contributed by atoms with van der Waals surface area (Å²) in [6.45, 7) is 4.02. The van der Waals surface area contributed by atoms with Gasteiger partial charge in [0.25, 0.3) is 0 Å². The summed E-state index contributed by atoms with van der Waals surface area (Å²) in [4.78, 5) is 50.9. The number of amides is 3. The van der Waals surface area contributed by atoms with Gasteiger partial charge in [-0.1, -0.05) is 13.8 Å². The van der Waals surface area contributed by atoms with Crippen molar-refractivity contribution in [1.29, 1.82) is 0 Å².